The van der Waals surface area contributed by atoms with Crippen molar-refractivity contribution in [1.82, 2.24) is 25.3 Å². The molecule has 0 saturated heterocycles. The van der Waals surface area contributed by atoms with Crippen molar-refractivity contribution in [1.29, 1.82) is 0 Å². The van der Waals surface area contributed by atoms with Crippen LogP contribution in [0.1, 0.15) is 11.1 Å². The Labute approximate surface area is 123 Å². The van der Waals surface area contributed by atoms with E-state index < -0.39 is 0 Å². The Morgan fingerprint density at radius 1 is 1.15 bits per heavy atom. The second kappa shape index (κ2) is 4.52. The van der Waals surface area contributed by atoms with Gasteiger partial charge in [0.2, 0.25) is 0 Å². The molecule has 0 unspecified atom stereocenters. The molecule has 0 saturated carbocycles. The number of fused-ring (bicyclic) bond motifs is 2. The van der Waals surface area contributed by atoms with E-state index in [-0.39, 0.29) is 0 Å². The molecule has 1 aliphatic rings. The topological polar surface area (TPSA) is 59.2 Å². The number of hydrogen-bond donors (Lipinski definition) is 0. The molecule has 1 aromatic carbocycles. The largest absolute Gasteiger partial charge is 0.350 e. The zero-order chi connectivity index (χ0) is 13.5. The second-order valence-electron chi connectivity index (χ2n) is 4.77. The first-order chi connectivity index (χ1) is 9.81. The van der Waals surface area contributed by atoms with Gasteiger partial charge in [-0.3, -0.25) is 0 Å². The third-order valence-electron chi connectivity index (χ3n) is 3.60. The van der Waals surface area contributed by atoms with Gasteiger partial charge in [0.05, 0.1) is 0 Å². The Morgan fingerprint density at radius 3 is 3.05 bits per heavy atom. The first kappa shape index (κ1) is 11.8. The normalized spacial score (nSPS) is 14.6. The Morgan fingerprint density at radius 2 is 2.10 bits per heavy atom. The lowest BCUT2D eigenvalue weighted by atomic mass is 10.00. The number of hydrogen-bond acceptors (Lipinski definition) is 5. The van der Waals surface area contributed by atoms with Crippen LogP contribution in [0.2, 0.25) is 0 Å². The summed E-state index contributed by atoms with van der Waals surface area (Å²) >= 11 is 3.63. The molecular formula is C13H11BrN6. The van der Waals surface area contributed by atoms with Gasteiger partial charge in [-0.25, -0.2) is 0 Å². The van der Waals surface area contributed by atoms with Crippen molar-refractivity contribution in [3.8, 4) is 0 Å². The molecule has 0 bridgehead atoms. The van der Waals surface area contributed by atoms with E-state index in [1.165, 1.54) is 15.8 Å². The lowest BCUT2D eigenvalue weighted by Crippen LogP contribution is -2.31. The summed E-state index contributed by atoms with van der Waals surface area (Å²) in [5.41, 5.74) is 3.39. The van der Waals surface area contributed by atoms with Gasteiger partial charge >= 0.3 is 0 Å². The summed E-state index contributed by atoms with van der Waals surface area (Å²) in [6.45, 7) is 1.79. The van der Waals surface area contributed by atoms with Crippen LogP contribution in [0.4, 0.5) is 5.82 Å². The van der Waals surface area contributed by atoms with Gasteiger partial charge in [-0.05, 0) is 46.2 Å². The molecular weight excluding hydrogens is 320 g/mol. The van der Waals surface area contributed by atoms with Crippen LogP contribution < -0.4 is 4.90 Å². The van der Waals surface area contributed by atoms with Gasteiger partial charge in [-0.2, -0.15) is 0 Å². The lowest BCUT2D eigenvalue weighted by Gasteiger charge is -2.30. The summed E-state index contributed by atoms with van der Waals surface area (Å²) in [5.74, 6) is 0.895. The minimum Gasteiger partial charge on any atom is -0.350 e. The number of anilines is 1. The summed E-state index contributed by atoms with van der Waals surface area (Å²) < 4.78 is 2.62. The Balaban J connectivity index is 1.72. The van der Waals surface area contributed by atoms with Crippen molar-refractivity contribution in [3.05, 3.63) is 45.9 Å². The molecule has 7 heteroatoms. The number of halogens is 1. The molecule has 6 nitrogen and oxygen atoms in total. The Kier molecular flexibility index (Phi) is 2.66. The number of tetrazole rings is 1. The molecule has 3 heterocycles. The quantitative estimate of drug-likeness (QED) is 0.681. The molecule has 1 aliphatic heterocycles. The minimum atomic E-state index is 0.660. The van der Waals surface area contributed by atoms with Crippen molar-refractivity contribution in [2.75, 3.05) is 11.4 Å². The Hall–Kier alpha value is -2.02. The summed E-state index contributed by atoms with van der Waals surface area (Å²) in [7, 11) is 0. The molecule has 0 atom stereocenters. The highest BCUT2D eigenvalue weighted by Gasteiger charge is 2.19. The number of rotatable bonds is 1. The summed E-state index contributed by atoms with van der Waals surface area (Å²) in [6.07, 6.45) is 1.02. The zero-order valence-electron chi connectivity index (χ0n) is 10.6. The third-order valence-corrected chi connectivity index (χ3v) is 4.34. The first-order valence-electron chi connectivity index (χ1n) is 6.38. The van der Waals surface area contributed by atoms with Crippen LogP contribution in [0.25, 0.3) is 5.65 Å². The van der Waals surface area contributed by atoms with Gasteiger partial charge < -0.3 is 4.90 Å². The highest BCUT2D eigenvalue weighted by Crippen LogP contribution is 2.28. The van der Waals surface area contributed by atoms with Crippen LogP contribution >= 0.6 is 15.9 Å². The third kappa shape index (κ3) is 1.85. The fourth-order valence-electron chi connectivity index (χ4n) is 2.54. The van der Waals surface area contributed by atoms with Crippen LogP contribution in [-0.2, 0) is 13.0 Å². The van der Waals surface area contributed by atoms with Crippen molar-refractivity contribution < 1.29 is 0 Å². The zero-order valence-corrected chi connectivity index (χ0v) is 12.2. The van der Waals surface area contributed by atoms with Crippen molar-refractivity contribution in [2.24, 2.45) is 0 Å². The molecule has 4 rings (SSSR count). The van der Waals surface area contributed by atoms with Crippen LogP contribution in [0.5, 0.6) is 0 Å². The molecule has 0 fully saturated rings. The predicted octanol–water partition coefficient (Wildman–Crippen LogP) is 1.84. The van der Waals surface area contributed by atoms with Gasteiger partial charge in [0.1, 0.15) is 0 Å². The molecule has 0 aliphatic carbocycles. The summed E-state index contributed by atoms with van der Waals surface area (Å²) in [5, 5.41) is 15.8. The van der Waals surface area contributed by atoms with Crippen LogP contribution in [0.3, 0.4) is 0 Å². The highest BCUT2D eigenvalue weighted by atomic mass is 79.9. The second-order valence-corrected chi connectivity index (χ2v) is 5.62. The lowest BCUT2D eigenvalue weighted by molar-refractivity contribution is 0.678. The van der Waals surface area contributed by atoms with Gasteiger partial charge in [-0.15, -0.1) is 14.8 Å². The monoisotopic (exact) mass is 330 g/mol. The smallest absolute Gasteiger partial charge is 0.200 e. The van der Waals surface area contributed by atoms with Gasteiger partial charge in [0, 0.05) is 17.6 Å². The molecule has 0 spiro atoms. The Bertz CT molecular complexity index is 783. The van der Waals surface area contributed by atoms with E-state index in [1.54, 1.807) is 0 Å². The standard InChI is InChI=1S/C13H11BrN6/c14-11-3-1-2-9-6-7-19(8-10(9)11)13-5-4-12-15-17-18-20(12)16-13/h1-5H,6-8H2. The fraction of sp³-hybridized carbons (Fsp3) is 0.231. The molecule has 0 radical (unpaired) electrons. The average Bonchev–Trinajstić information content (AvgIpc) is 2.95. The molecule has 0 amide bonds. The fourth-order valence-corrected chi connectivity index (χ4v) is 3.08. The van der Waals surface area contributed by atoms with Crippen molar-refractivity contribution in [3.63, 3.8) is 0 Å². The number of benzene rings is 1. The van der Waals surface area contributed by atoms with E-state index in [4.69, 9.17) is 0 Å². The van der Waals surface area contributed by atoms with Crippen LogP contribution in [0, 0.1) is 0 Å². The van der Waals surface area contributed by atoms with E-state index in [2.05, 4.69) is 59.7 Å². The summed E-state index contributed by atoms with van der Waals surface area (Å²) in [6, 6.07) is 10.2. The predicted molar refractivity (Wildman–Crippen MR) is 77.5 cm³/mol. The SMILES string of the molecule is Brc1cccc2c1CN(c1ccc3nnnn3n1)CC2. The average molecular weight is 331 g/mol. The number of aromatic nitrogens is 5. The van der Waals surface area contributed by atoms with E-state index in [0.29, 0.717) is 5.65 Å². The van der Waals surface area contributed by atoms with Gasteiger partial charge in [0.25, 0.3) is 0 Å². The van der Waals surface area contributed by atoms with Crippen LogP contribution in [0.15, 0.2) is 34.8 Å². The van der Waals surface area contributed by atoms with E-state index in [0.717, 1.165) is 29.8 Å². The van der Waals surface area contributed by atoms with E-state index in [9.17, 15) is 0 Å². The highest BCUT2D eigenvalue weighted by molar-refractivity contribution is 9.10. The summed E-state index contributed by atoms with van der Waals surface area (Å²) in [4.78, 5) is 2.24. The van der Waals surface area contributed by atoms with Gasteiger partial charge in [-0.1, -0.05) is 28.1 Å². The van der Waals surface area contributed by atoms with Gasteiger partial charge in [0.15, 0.2) is 11.5 Å². The van der Waals surface area contributed by atoms with Crippen LogP contribution in [-0.4, -0.2) is 31.8 Å². The maximum absolute atomic E-state index is 4.45. The molecule has 0 N–H and O–H groups in total. The molecule has 3 aromatic rings. The maximum Gasteiger partial charge on any atom is 0.200 e. The first-order valence-corrected chi connectivity index (χ1v) is 7.17. The minimum absolute atomic E-state index is 0.660. The van der Waals surface area contributed by atoms with E-state index >= 15 is 0 Å². The van der Waals surface area contributed by atoms with E-state index in [1.807, 2.05) is 12.1 Å². The van der Waals surface area contributed by atoms with Crippen molar-refractivity contribution >= 4 is 27.4 Å². The molecule has 100 valence electrons. The van der Waals surface area contributed by atoms with Crippen molar-refractivity contribution in [2.45, 2.75) is 13.0 Å². The number of nitrogens with zero attached hydrogens (tertiary/aromatic N) is 6. The maximum atomic E-state index is 4.45. The molecule has 2 aromatic heterocycles. The molecule has 20 heavy (non-hydrogen) atoms.